The van der Waals surface area contributed by atoms with Crippen molar-refractivity contribution in [3.05, 3.63) is 29.8 Å². The van der Waals surface area contributed by atoms with Gasteiger partial charge in [0.2, 0.25) is 5.95 Å². The highest BCUT2D eigenvalue weighted by Gasteiger charge is 2.17. The number of aromatic nitrogens is 1. The number of carboxylic acid groups (broad SMARTS) is 1. The number of halogens is 2. The van der Waals surface area contributed by atoms with Crippen LogP contribution in [0.2, 0.25) is 0 Å². The first kappa shape index (κ1) is 12.9. The Morgan fingerprint density at radius 3 is 2.81 bits per heavy atom. The molecule has 0 aliphatic rings. The number of carbonyl (C=O) groups is 1. The van der Waals surface area contributed by atoms with Gasteiger partial charge in [-0.15, -0.1) is 11.6 Å². The zero-order valence-corrected chi connectivity index (χ0v) is 9.45. The Morgan fingerprint density at radius 2 is 2.31 bits per heavy atom. The van der Waals surface area contributed by atoms with E-state index < -0.39 is 17.8 Å². The van der Waals surface area contributed by atoms with Crippen molar-refractivity contribution >= 4 is 17.6 Å². The summed E-state index contributed by atoms with van der Waals surface area (Å²) in [5, 5.41) is 8.98. The molecule has 0 saturated carbocycles. The van der Waals surface area contributed by atoms with E-state index in [0.717, 1.165) is 5.56 Å². The lowest BCUT2D eigenvalue weighted by atomic mass is 9.96. The Balaban J connectivity index is 2.60. The average Bonchev–Trinajstić information content (AvgIpc) is 2.26. The van der Waals surface area contributed by atoms with Crippen LogP contribution in [0.15, 0.2) is 18.3 Å². The van der Waals surface area contributed by atoms with Gasteiger partial charge in [-0.3, -0.25) is 4.79 Å². The van der Waals surface area contributed by atoms with Crippen LogP contribution in [-0.4, -0.2) is 21.9 Å². The Morgan fingerprint density at radius 1 is 1.56 bits per heavy atom. The molecule has 1 aromatic heterocycles. The molecule has 1 aromatic rings. The largest absolute Gasteiger partial charge is 0.481 e. The molecular weight excluding hydrogens is 233 g/mol. The van der Waals surface area contributed by atoms with Gasteiger partial charge >= 0.3 is 5.97 Å². The molecule has 1 N–H and O–H groups in total. The molecule has 0 spiro atoms. The molecule has 1 atom stereocenters. The van der Waals surface area contributed by atoms with E-state index in [1.807, 2.05) is 0 Å². The van der Waals surface area contributed by atoms with Gasteiger partial charge in [0.15, 0.2) is 0 Å². The summed E-state index contributed by atoms with van der Waals surface area (Å²) in [4.78, 5) is 14.4. The quantitative estimate of drug-likeness (QED) is 0.619. The van der Waals surface area contributed by atoms with Gasteiger partial charge in [0.05, 0.1) is 5.92 Å². The van der Waals surface area contributed by atoms with Gasteiger partial charge in [-0.1, -0.05) is 6.07 Å². The highest BCUT2D eigenvalue weighted by molar-refractivity contribution is 6.17. The van der Waals surface area contributed by atoms with Crippen LogP contribution < -0.4 is 0 Å². The van der Waals surface area contributed by atoms with Crippen LogP contribution in [0, 0.1) is 11.9 Å². The van der Waals surface area contributed by atoms with Crippen LogP contribution in [0.3, 0.4) is 0 Å². The van der Waals surface area contributed by atoms with Gasteiger partial charge in [0.25, 0.3) is 0 Å². The van der Waals surface area contributed by atoms with Gasteiger partial charge in [-0.2, -0.15) is 4.39 Å². The van der Waals surface area contributed by atoms with Crippen molar-refractivity contribution in [2.24, 2.45) is 5.92 Å². The minimum absolute atomic E-state index is 0.361. The molecule has 0 aliphatic carbocycles. The summed E-state index contributed by atoms with van der Waals surface area (Å²) in [6.07, 6.45) is 2.91. The maximum absolute atomic E-state index is 12.5. The third kappa shape index (κ3) is 4.14. The highest BCUT2D eigenvalue weighted by Crippen LogP contribution is 2.14. The first-order valence-electron chi connectivity index (χ1n) is 5.02. The zero-order valence-electron chi connectivity index (χ0n) is 8.70. The lowest BCUT2D eigenvalue weighted by Gasteiger charge is -2.10. The number of nitrogens with zero attached hydrogens (tertiary/aromatic N) is 1. The minimum Gasteiger partial charge on any atom is -0.481 e. The molecule has 3 nitrogen and oxygen atoms in total. The van der Waals surface area contributed by atoms with Crippen LogP contribution >= 0.6 is 11.6 Å². The number of rotatable bonds is 6. The second kappa shape index (κ2) is 6.43. The Kier molecular flexibility index (Phi) is 5.19. The number of hydrogen-bond donors (Lipinski definition) is 1. The minimum atomic E-state index is -0.852. The standard InChI is InChI=1S/C11H13ClFNO2/c12-5-1-2-9(11(15)16)6-8-3-4-10(13)14-7-8/h3-4,7,9H,1-2,5-6H2,(H,15,16). The van der Waals surface area contributed by atoms with E-state index in [0.29, 0.717) is 25.1 Å². The number of alkyl halides is 1. The van der Waals surface area contributed by atoms with Crippen LogP contribution in [-0.2, 0) is 11.2 Å². The number of hydrogen-bond acceptors (Lipinski definition) is 2. The normalized spacial score (nSPS) is 12.4. The maximum Gasteiger partial charge on any atom is 0.306 e. The first-order chi connectivity index (χ1) is 7.63. The lowest BCUT2D eigenvalue weighted by molar-refractivity contribution is -0.141. The first-order valence-corrected chi connectivity index (χ1v) is 5.56. The van der Waals surface area contributed by atoms with E-state index in [9.17, 15) is 9.18 Å². The van der Waals surface area contributed by atoms with Gasteiger partial charge in [0, 0.05) is 12.1 Å². The second-order valence-corrected chi connectivity index (χ2v) is 3.94. The fourth-order valence-electron chi connectivity index (χ4n) is 1.45. The van der Waals surface area contributed by atoms with Crippen molar-refractivity contribution in [2.45, 2.75) is 19.3 Å². The predicted molar refractivity (Wildman–Crippen MR) is 59.0 cm³/mol. The third-order valence-corrected chi connectivity index (χ3v) is 2.57. The molecular formula is C11H13ClFNO2. The fraction of sp³-hybridized carbons (Fsp3) is 0.455. The summed E-state index contributed by atoms with van der Waals surface area (Å²) in [5.41, 5.74) is 0.725. The van der Waals surface area contributed by atoms with Gasteiger partial charge in [-0.05, 0) is 30.9 Å². The zero-order chi connectivity index (χ0) is 12.0. The average molecular weight is 246 g/mol. The van der Waals surface area contributed by atoms with Crippen molar-refractivity contribution < 1.29 is 14.3 Å². The molecule has 1 unspecified atom stereocenters. The van der Waals surface area contributed by atoms with E-state index in [1.165, 1.54) is 12.3 Å². The van der Waals surface area contributed by atoms with Gasteiger partial charge in [-0.25, -0.2) is 4.98 Å². The summed E-state index contributed by atoms with van der Waals surface area (Å²) in [6.45, 7) is 0. The number of aliphatic carboxylic acids is 1. The Hall–Kier alpha value is -1.16. The van der Waals surface area contributed by atoms with Crippen molar-refractivity contribution in [2.75, 3.05) is 5.88 Å². The summed E-state index contributed by atoms with van der Waals surface area (Å²) >= 11 is 5.52. The van der Waals surface area contributed by atoms with E-state index in [-0.39, 0.29) is 0 Å². The fourth-order valence-corrected chi connectivity index (χ4v) is 1.60. The predicted octanol–water partition coefficient (Wildman–Crippen LogP) is 2.48. The summed E-state index contributed by atoms with van der Waals surface area (Å²) in [7, 11) is 0. The Bertz CT molecular complexity index is 342. The van der Waals surface area contributed by atoms with E-state index in [4.69, 9.17) is 16.7 Å². The topological polar surface area (TPSA) is 50.2 Å². The molecule has 0 saturated heterocycles. The molecule has 1 heterocycles. The van der Waals surface area contributed by atoms with Crippen LogP contribution in [0.5, 0.6) is 0 Å². The number of carboxylic acids is 1. The molecule has 0 bridgehead atoms. The third-order valence-electron chi connectivity index (χ3n) is 2.31. The van der Waals surface area contributed by atoms with E-state index in [2.05, 4.69) is 4.98 Å². The van der Waals surface area contributed by atoms with Gasteiger partial charge < -0.3 is 5.11 Å². The molecule has 0 fully saturated rings. The molecule has 5 heteroatoms. The number of pyridine rings is 1. The van der Waals surface area contributed by atoms with E-state index >= 15 is 0 Å². The molecule has 16 heavy (non-hydrogen) atoms. The van der Waals surface area contributed by atoms with Crippen LogP contribution in [0.1, 0.15) is 18.4 Å². The lowest BCUT2D eigenvalue weighted by Crippen LogP contribution is -2.16. The van der Waals surface area contributed by atoms with Gasteiger partial charge in [0.1, 0.15) is 0 Å². The molecule has 0 radical (unpaired) electrons. The van der Waals surface area contributed by atoms with Crippen molar-refractivity contribution in [1.82, 2.24) is 4.98 Å². The summed E-state index contributed by atoms with van der Waals surface area (Å²) in [6, 6.07) is 2.79. The SMILES string of the molecule is O=C(O)C(CCCCl)Cc1ccc(F)nc1. The smallest absolute Gasteiger partial charge is 0.306 e. The van der Waals surface area contributed by atoms with Crippen LogP contribution in [0.4, 0.5) is 4.39 Å². The molecule has 0 aliphatic heterocycles. The molecule has 0 aromatic carbocycles. The summed E-state index contributed by atoms with van der Waals surface area (Å²) < 4.78 is 12.5. The molecule has 0 amide bonds. The Labute approximate surface area is 98.3 Å². The van der Waals surface area contributed by atoms with Crippen LogP contribution in [0.25, 0.3) is 0 Å². The highest BCUT2D eigenvalue weighted by atomic mass is 35.5. The monoisotopic (exact) mass is 245 g/mol. The molecule has 1 rings (SSSR count). The van der Waals surface area contributed by atoms with Crippen molar-refractivity contribution in [3.63, 3.8) is 0 Å². The molecule has 88 valence electrons. The second-order valence-electron chi connectivity index (χ2n) is 3.56. The van der Waals surface area contributed by atoms with Crippen molar-refractivity contribution in [1.29, 1.82) is 0 Å². The maximum atomic E-state index is 12.5. The van der Waals surface area contributed by atoms with Crippen molar-refractivity contribution in [3.8, 4) is 0 Å². The summed E-state index contributed by atoms with van der Waals surface area (Å²) in [5.74, 6) is -1.44. The van der Waals surface area contributed by atoms with E-state index in [1.54, 1.807) is 6.07 Å².